The van der Waals surface area contributed by atoms with Gasteiger partial charge in [0.05, 0.1) is 26.7 Å². The molecule has 3 rings (SSSR count). The lowest BCUT2D eigenvalue weighted by atomic mass is 9.91. The minimum atomic E-state index is -0.472. The number of fused-ring (bicyclic) bond motifs is 1. The molecule has 0 amide bonds. The van der Waals surface area contributed by atoms with Crippen LogP contribution in [0.15, 0.2) is 30.3 Å². The molecule has 3 N–H and O–H groups in total. The van der Waals surface area contributed by atoms with Crippen molar-refractivity contribution in [2.75, 3.05) is 20.8 Å². The second-order valence-corrected chi connectivity index (χ2v) is 5.32. The van der Waals surface area contributed by atoms with Crippen molar-refractivity contribution >= 4 is 0 Å². The van der Waals surface area contributed by atoms with Crippen LogP contribution >= 0.6 is 0 Å². The molecule has 1 aliphatic rings. The van der Waals surface area contributed by atoms with Crippen molar-refractivity contribution in [2.24, 2.45) is 0 Å². The molecule has 23 heavy (non-hydrogen) atoms. The highest BCUT2D eigenvalue weighted by atomic mass is 16.5. The molecule has 0 aromatic heterocycles. The van der Waals surface area contributed by atoms with Crippen LogP contribution in [-0.4, -0.2) is 36.1 Å². The van der Waals surface area contributed by atoms with Crippen molar-refractivity contribution < 1.29 is 29.5 Å². The van der Waals surface area contributed by atoms with Gasteiger partial charge in [-0.05, 0) is 17.7 Å². The van der Waals surface area contributed by atoms with E-state index in [2.05, 4.69) is 0 Å². The molecule has 0 aliphatic carbocycles. The van der Waals surface area contributed by atoms with Gasteiger partial charge in [0.2, 0.25) is 0 Å². The fourth-order valence-electron chi connectivity index (χ4n) is 2.95. The number of phenolic OH excluding ortho intramolecular Hbond substituents is 2. The zero-order valence-electron chi connectivity index (χ0n) is 12.8. The highest BCUT2D eigenvalue weighted by Gasteiger charge is 2.38. The maximum absolute atomic E-state index is 9.84. The Bertz CT molecular complexity index is 727. The fraction of sp³-hybridized carbons (Fsp3) is 0.294. The van der Waals surface area contributed by atoms with E-state index in [0.717, 1.165) is 5.56 Å². The molecule has 1 aliphatic heterocycles. The predicted molar refractivity (Wildman–Crippen MR) is 82.5 cm³/mol. The van der Waals surface area contributed by atoms with Gasteiger partial charge in [0.15, 0.2) is 11.5 Å². The summed E-state index contributed by atoms with van der Waals surface area (Å²) in [4.78, 5) is 0. The van der Waals surface area contributed by atoms with Crippen molar-refractivity contribution in [3.8, 4) is 28.7 Å². The van der Waals surface area contributed by atoms with Crippen LogP contribution in [0.3, 0.4) is 0 Å². The average molecular weight is 318 g/mol. The Balaban J connectivity index is 2.06. The molecule has 0 saturated carbocycles. The van der Waals surface area contributed by atoms with Gasteiger partial charge in [-0.2, -0.15) is 0 Å². The number of ether oxygens (including phenoxy) is 3. The molecule has 0 fully saturated rings. The standard InChI is InChI=1S/C17H18O6/c1-21-13-5-9(3-4-12(13)20)17-11(8-18)16-14(22-2)6-10(19)7-15(16)23-17/h3-7,11,17-20H,8H2,1-2H3/t11?,17-/m0/s1. The van der Waals surface area contributed by atoms with Crippen LogP contribution < -0.4 is 14.2 Å². The Morgan fingerprint density at radius 3 is 2.43 bits per heavy atom. The van der Waals surface area contributed by atoms with Crippen molar-refractivity contribution in [1.29, 1.82) is 0 Å². The lowest BCUT2D eigenvalue weighted by molar-refractivity contribution is 0.159. The third kappa shape index (κ3) is 2.51. The summed E-state index contributed by atoms with van der Waals surface area (Å²) in [5.41, 5.74) is 1.46. The van der Waals surface area contributed by atoms with Crippen LogP contribution in [0.1, 0.15) is 23.1 Å². The van der Waals surface area contributed by atoms with Crippen LogP contribution in [0.2, 0.25) is 0 Å². The first kappa shape index (κ1) is 15.3. The van der Waals surface area contributed by atoms with Gasteiger partial charge in [0.1, 0.15) is 23.4 Å². The van der Waals surface area contributed by atoms with E-state index in [1.54, 1.807) is 12.1 Å². The summed E-state index contributed by atoms with van der Waals surface area (Å²) < 4.78 is 16.3. The molecule has 0 bridgehead atoms. The van der Waals surface area contributed by atoms with Crippen LogP contribution in [-0.2, 0) is 0 Å². The second kappa shape index (κ2) is 5.89. The second-order valence-electron chi connectivity index (χ2n) is 5.32. The van der Waals surface area contributed by atoms with Crippen molar-refractivity contribution in [2.45, 2.75) is 12.0 Å². The molecular formula is C17H18O6. The third-order valence-corrected chi connectivity index (χ3v) is 4.03. The van der Waals surface area contributed by atoms with Crippen molar-refractivity contribution in [3.63, 3.8) is 0 Å². The number of methoxy groups -OCH3 is 2. The number of benzene rings is 2. The molecule has 6 heteroatoms. The molecule has 0 spiro atoms. The summed E-state index contributed by atoms with van der Waals surface area (Å²) in [6.07, 6.45) is -0.472. The molecule has 1 heterocycles. The van der Waals surface area contributed by atoms with Crippen LogP contribution in [0.25, 0.3) is 0 Å². The first-order chi connectivity index (χ1) is 11.1. The van der Waals surface area contributed by atoms with E-state index in [-0.39, 0.29) is 24.0 Å². The lowest BCUT2D eigenvalue weighted by Gasteiger charge is -2.19. The smallest absolute Gasteiger partial charge is 0.160 e. The monoisotopic (exact) mass is 318 g/mol. The molecule has 1 unspecified atom stereocenters. The Morgan fingerprint density at radius 1 is 1.04 bits per heavy atom. The Morgan fingerprint density at radius 2 is 1.78 bits per heavy atom. The van der Waals surface area contributed by atoms with Crippen LogP contribution in [0, 0.1) is 0 Å². The summed E-state index contributed by atoms with van der Waals surface area (Å²) in [5, 5.41) is 29.3. The number of aliphatic hydroxyl groups excluding tert-OH is 1. The van der Waals surface area contributed by atoms with E-state index in [1.165, 1.54) is 32.4 Å². The highest BCUT2D eigenvalue weighted by molar-refractivity contribution is 5.56. The minimum Gasteiger partial charge on any atom is -0.508 e. The van der Waals surface area contributed by atoms with Gasteiger partial charge < -0.3 is 29.5 Å². The van der Waals surface area contributed by atoms with E-state index in [1.807, 2.05) is 0 Å². The van der Waals surface area contributed by atoms with Gasteiger partial charge in [-0.25, -0.2) is 0 Å². The zero-order valence-corrected chi connectivity index (χ0v) is 12.8. The summed E-state index contributed by atoms with van der Waals surface area (Å²) in [7, 11) is 2.97. The predicted octanol–water partition coefficient (Wildman–Crippen LogP) is 2.32. The summed E-state index contributed by atoms with van der Waals surface area (Å²) >= 11 is 0. The Labute approximate surface area is 133 Å². The van der Waals surface area contributed by atoms with Gasteiger partial charge in [-0.3, -0.25) is 0 Å². The molecule has 6 nitrogen and oxygen atoms in total. The molecule has 0 radical (unpaired) electrons. The molecular weight excluding hydrogens is 300 g/mol. The molecule has 2 aromatic carbocycles. The number of rotatable bonds is 4. The van der Waals surface area contributed by atoms with Gasteiger partial charge in [0, 0.05) is 17.7 Å². The first-order valence-electron chi connectivity index (χ1n) is 7.14. The van der Waals surface area contributed by atoms with E-state index >= 15 is 0 Å². The highest BCUT2D eigenvalue weighted by Crippen LogP contribution is 2.51. The number of phenols is 2. The Hall–Kier alpha value is -2.60. The SMILES string of the molecule is COc1cc([C@@H]2Oc3cc(O)cc(OC)c3C2CO)ccc1O. The summed E-state index contributed by atoms with van der Waals surface area (Å²) in [6.45, 7) is -0.151. The number of aliphatic hydroxyl groups is 1. The van der Waals surface area contributed by atoms with Gasteiger partial charge in [0.25, 0.3) is 0 Å². The van der Waals surface area contributed by atoms with E-state index < -0.39 is 6.10 Å². The average Bonchev–Trinajstić information content (AvgIpc) is 2.92. The third-order valence-electron chi connectivity index (χ3n) is 4.03. The van der Waals surface area contributed by atoms with E-state index in [9.17, 15) is 15.3 Å². The van der Waals surface area contributed by atoms with Crippen molar-refractivity contribution in [1.82, 2.24) is 0 Å². The van der Waals surface area contributed by atoms with E-state index in [4.69, 9.17) is 14.2 Å². The maximum Gasteiger partial charge on any atom is 0.160 e. The van der Waals surface area contributed by atoms with Gasteiger partial charge in [-0.1, -0.05) is 6.07 Å². The normalized spacial score (nSPS) is 19.1. The topological polar surface area (TPSA) is 88.4 Å². The first-order valence-corrected chi connectivity index (χ1v) is 7.14. The lowest BCUT2D eigenvalue weighted by Crippen LogP contribution is -2.13. The quantitative estimate of drug-likeness (QED) is 0.802. The fourth-order valence-corrected chi connectivity index (χ4v) is 2.95. The largest absolute Gasteiger partial charge is 0.508 e. The van der Waals surface area contributed by atoms with Gasteiger partial charge >= 0.3 is 0 Å². The van der Waals surface area contributed by atoms with Gasteiger partial charge in [-0.15, -0.1) is 0 Å². The van der Waals surface area contributed by atoms with Crippen molar-refractivity contribution in [3.05, 3.63) is 41.5 Å². The molecule has 122 valence electrons. The molecule has 0 saturated heterocycles. The number of aromatic hydroxyl groups is 2. The number of hydrogen-bond donors (Lipinski definition) is 3. The summed E-state index contributed by atoms with van der Waals surface area (Å²) in [5.74, 6) is 0.970. The number of hydrogen-bond acceptors (Lipinski definition) is 6. The minimum absolute atomic E-state index is 0.0289. The maximum atomic E-state index is 9.84. The Kier molecular flexibility index (Phi) is 3.92. The molecule has 2 aromatic rings. The zero-order chi connectivity index (χ0) is 16.6. The van der Waals surface area contributed by atoms with Crippen LogP contribution in [0.5, 0.6) is 28.7 Å². The summed E-state index contributed by atoms with van der Waals surface area (Å²) in [6, 6.07) is 7.89. The van der Waals surface area contributed by atoms with Crippen LogP contribution in [0.4, 0.5) is 0 Å². The van der Waals surface area contributed by atoms with E-state index in [0.29, 0.717) is 22.8 Å². The molecule has 2 atom stereocenters.